The zero-order valence-corrected chi connectivity index (χ0v) is 10.7. The number of rotatable bonds is 6. The quantitative estimate of drug-likeness (QED) is 0.824. The summed E-state index contributed by atoms with van der Waals surface area (Å²) in [6, 6.07) is 2.14. The predicted molar refractivity (Wildman–Crippen MR) is 65.2 cm³/mol. The molecule has 1 unspecified atom stereocenters. The topological polar surface area (TPSA) is 46.2 Å². The second-order valence-electron chi connectivity index (χ2n) is 3.75. The lowest BCUT2D eigenvalue weighted by Gasteiger charge is -2.14. The summed E-state index contributed by atoms with van der Waals surface area (Å²) in [6.45, 7) is 0. The van der Waals surface area contributed by atoms with E-state index in [0.29, 0.717) is 0 Å². The fourth-order valence-electron chi connectivity index (χ4n) is 1.45. The highest BCUT2D eigenvalue weighted by Crippen LogP contribution is 2.10. The Morgan fingerprint density at radius 1 is 1.53 bits per heavy atom. The van der Waals surface area contributed by atoms with Gasteiger partial charge in [0.25, 0.3) is 0 Å². The fourth-order valence-corrected chi connectivity index (χ4v) is 3.22. The van der Waals surface area contributed by atoms with Gasteiger partial charge in [-0.3, -0.25) is 0 Å². The summed E-state index contributed by atoms with van der Waals surface area (Å²) < 4.78 is 22.2. The Morgan fingerprint density at radius 2 is 2.27 bits per heavy atom. The van der Waals surface area contributed by atoms with E-state index in [0.717, 1.165) is 12.8 Å². The number of hydrogen-bond acceptors (Lipinski definition) is 4. The predicted octanol–water partition coefficient (Wildman–Crippen LogP) is 1.31. The van der Waals surface area contributed by atoms with Crippen molar-refractivity contribution < 1.29 is 8.42 Å². The summed E-state index contributed by atoms with van der Waals surface area (Å²) in [5.41, 5.74) is 1.29. The molecule has 15 heavy (non-hydrogen) atoms. The van der Waals surface area contributed by atoms with Crippen LogP contribution in [-0.2, 0) is 16.3 Å². The van der Waals surface area contributed by atoms with Gasteiger partial charge in [0.05, 0.1) is 5.75 Å². The van der Waals surface area contributed by atoms with Gasteiger partial charge < -0.3 is 5.32 Å². The van der Waals surface area contributed by atoms with E-state index in [-0.39, 0.29) is 11.8 Å². The largest absolute Gasteiger partial charge is 0.316 e. The number of hydrogen-bond donors (Lipinski definition) is 1. The molecule has 1 heterocycles. The zero-order chi connectivity index (χ0) is 11.3. The summed E-state index contributed by atoms with van der Waals surface area (Å²) in [4.78, 5) is 0. The average molecular weight is 247 g/mol. The van der Waals surface area contributed by atoms with Crippen LogP contribution in [0.5, 0.6) is 0 Å². The fraction of sp³-hybridized carbons (Fsp3) is 0.600. The summed E-state index contributed by atoms with van der Waals surface area (Å²) in [5.74, 6) is 0.216. The second kappa shape index (κ2) is 5.63. The van der Waals surface area contributed by atoms with Gasteiger partial charge in [0, 0.05) is 12.3 Å². The Labute approximate surface area is 95.4 Å². The summed E-state index contributed by atoms with van der Waals surface area (Å²) in [7, 11) is -1.08. The lowest BCUT2D eigenvalue weighted by molar-refractivity contribution is 0.544. The maximum atomic E-state index is 11.1. The van der Waals surface area contributed by atoms with E-state index >= 15 is 0 Å². The Hall–Kier alpha value is -0.390. The average Bonchev–Trinajstić information content (AvgIpc) is 2.62. The number of aryl methyl sites for hydroxylation is 1. The van der Waals surface area contributed by atoms with Crippen LogP contribution in [0.4, 0.5) is 0 Å². The highest BCUT2D eigenvalue weighted by Gasteiger charge is 2.13. The van der Waals surface area contributed by atoms with Crippen LogP contribution in [-0.4, -0.2) is 33.5 Å². The van der Waals surface area contributed by atoms with Crippen molar-refractivity contribution in [3.63, 3.8) is 0 Å². The van der Waals surface area contributed by atoms with Crippen molar-refractivity contribution in [1.82, 2.24) is 5.32 Å². The van der Waals surface area contributed by atoms with Crippen LogP contribution < -0.4 is 5.32 Å². The lowest BCUT2D eigenvalue weighted by Crippen LogP contribution is -2.33. The van der Waals surface area contributed by atoms with Crippen molar-refractivity contribution in [2.45, 2.75) is 18.9 Å². The summed E-state index contributed by atoms with van der Waals surface area (Å²) in [5, 5.41) is 7.19. The van der Waals surface area contributed by atoms with Gasteiger partial charge in [-0.1, -0.05) is 0 Å². The molecule has 0 amide bonds. The maximum absolute atomic E-state index is 11.1. The molecule has 0 fully saturated rings. The molecule has 86 valence electrons. The molecule has 1 aromatic heterocycles. The Kier molecular flexibility index (Phi) is 4.76. The minimum absolute atomic E-state index is 0.0555. The van der Waals surface area contributed by atoms with Gasteiger partial charge in [-0.25, -0.2) is 8.42 Å². The molecular formula is C10H17NO2S2. The van der Waals surface area contributed by atoms with Crippen molar-refractivity contribution >= 4 is 21.2 Å². The number of sulfone groups is 1. The zero-order valence-electron chi connectivity index (χ0n) is 9.06. The van der Waals surface area contributed by atoms with Crippen molar-refractivity contribution in [3.8, 4) is 0 Å². The minimum Gasteiger partial charge on any atom is -0.316 e. The van der Waals surface area contributed by atoms with Gasteiger partial charge in [-0.2, -0.15) is 11.3 Å². The summed E-state index contributed by atoms with van der Waals surface area (Å²) >= 11 is 1.67. The van der Waals surface area contributed by atoms with Gasteiger partial charge in [0.1, 0.15) is 9.84 Å². The Morgan fingerprint density at radius 3 is 2.73 bits per heavy atom. The van der Waals surface area contributed by atoms with Crippen LogP contribution in [0, 0.1) is 0 Å². The molecule has 0 saturated heterocycles. The van der Waals surface area contributed by atoms with Crippen molar-refractivity contribution in [1.29, 1.82) is 0 Å². The molecule has 1 rings (SSSR count). The molecule has 1 N–H and O–H groups in total. The molecule has 3 nitrogen and oxygen atoms in total. The molecular weight excluding hydrogens is 230 g/mol. The van der Waals surface area contributed by atoms with E-state index < -0.39 is 9.84 Å². The molecule has 0 aliphatic carbocycles. The van der Waals surface area contributed by atoms with Crippen LogP contribution >= 0.6 is 11.3 Å². The van der Waals surface area contributed by atoms with Crippen molar-refractivity contribution in [3.05, 3.63) is 22.4 Å². The highest BCUT2D eigenvalue weighted by molar-refractivity contribution is 7.90. The number of nitrogens with one attached hydrogen (secondary N) is 1. The summed E-state index contributed by atoms with van der Waals surface area (Å²) in [6.07, 6.45) is 3.08. The lowest BCUT2D eigenvalue weighted by atomic mass is 10.1. The van der Waals surface area contributed by atoms with Gasteiger partial charge in [0.15, 0.2) is 0 Å². The molecule has 0 aliphatic rings. The van der Waals surface area contributed by atoms with Gasteiger partial charge in [-0.05, 0) is 42.3 Å². The van der Waals surface area contributed by atoms with Crippen LogP contribution in [0.15, 0.2) is 16.8 Å². The third kappa shape index (κ3) is 5.30. The van der Waals surface area contributed by atoms with Crippen molar-refractivity contribution in [2.24, 2.45) is 0 Å². The first kappa shape index (κ1) is 12.7. The third-order valence-electron chi connectivity index (χ3n) is 2.27. The highest BCUT2D eigenvalue weighted by atomic mass is 32.2. The van der Waals surface area contributed by atoms with Gasteiger partial charge in [-0.15, -0.1) is 0 Å². The smallest absolute Gasteiger partial charge is 0.148 e. The molecule has 0 spiro atoms. The molecule has 5 heteroatoms. The molecule has 0 aromatic carbocycles. The van der Waals surface area contributed by atoms with E-state index in [1.54, 1.807) is 11.3 Å². The van der Waals surface area contributed by atoms with Crippen LogP contribution in [0.2, 0.25) is 0 Å². The van der Waals surface area contributed by atoms with Crippen molar-refractivity contribution in [2.75, 3.05) is 19.1 Å². The second-order valence-corrected chi connectivity index (χ2v) is 6.71. The minimum atomic E-state index is -2.89. The maximum Gasteiger partial charge on any atom is 0.148 e. The molecule has 0 aliphatic heterocycles. The van der Waals surface area contributed by atoms with Crippen LogP contribution in [0.25, 0.3) is 0 Å². The van der Waals surface area contributed by atoms with Gasteiger partial charge in [0.2, 0.25) is 0 Å². The Bertz CT molecular complexity index is 370. The van der Waals surface area contributed by atoms with Crippen LogP contribution in [0.1, 0.15) is 12.0 Å². The van der Waals surface area contributed by atoms with Gasteiger partial charge >= 0.3 is 0 Å². The first-order valence-electron chi connectivity index (χ1n) is 4.87. The number of thiophene rings is 1. The van der Waals surface area contributed by atoms with Crippen LogP contribution in [0.3, 0.4) is 0 Å². The van der Waals surface area contributed by atoms with E-state index in [9.17, 15) is 8.42 Å². The SMILES string of the molecule is CNC(CCc1ccsc1)CS(C)(=O)=O. The monoisotopic (exact) mass is 247 g/mol. The molecule has 1 atom stereocenters. The molecule has 1 aromatic rings. The molecule has 0 bridgehead atoms. The molecule has 0 radical (unpaired) electrons. The van der Waals surface area contributed by atoms with E-state index in [2.05, 4.69) is 16.8 Å². The van der Waals surface area contributed by atoms with E-state index in [1.807, 2.05) is 12.4 Å². The Balaban J connectivity index is 2.41. The third-order valence-corrected chi connectivity index (χ3v) is 4.01. The van der Waals surface area contributed by atoms with E-state index in [4.69, 9.17) is 0 Å². The molecule has 0 saturated carbocycles. The first-order valence-corrected chi connectivity index (χ1v) is 7.87. The normalized spacial score (nSPS) is 14.0. The van der Waals surface area contributed by atoms with E-state index in [1.165, 1.54) is 11.8 Å². The first-order chi connectivity index (χ1) is 7.01. The standard InChI is InChI=1S/C10H17NO2S2/c1-11-10(8-15(2,12)13)4-3-9-5-6-14-7-9/h5-7,10-11H,3-4,8H2,1-2H3.